The lowest BCUT2D eigenvalue weighted by Crippen LogP contribution is -2.47. The van der Waals surface area contributed by atoms with Crippen molar-refractivity contribution >= 4 is 46.6 Å². The number of thioether (sulfide) groups is 1. The van der Waals surface area contributed by atoms with Crippen LogP contribution in [0.1, 0.15) is 24.2 Å². The molecule has 0 radical (unpaired) electrons. The molecule has 0 saturated carbocycles. The molecule has 44 heavy (non-hydrogen) atoms. The van der Waals surface area contributed by atoms with Gasteiger partial charge in [0.1, 0.15) is 5.75 Å². The van der Waals surface area contributed by atoms with Gasteiger partial charge in [0.2, 0.25) is 0 Å². The molecule has 2 heterocycles. The van der Waals surface area contributed by atoms with E-state index in [9.17, 15) is 9.59 Å². The van der Waals surface area contributed by atoms with Crippen LogP contribution < -0.4 is 24.0 Å². The molecular weight excluding hydrogens is 602 g/mol. The highest BCUT2D eigenvalue weighted by molar-refractivity contribution is 7.99. The molecule has 0 spiro atoms. The minimum absolute atomic E-state index is 0.243. The van der Waals surface area contributed by atoms with Gasteiger partial charge in [0.15, 0.2) is 17.6 Å². The minimum atomic E-state index is -0.998. The number of amides is 1. The third-order valence-corrected chi connectivity index (χ3v) is 9.54. The zero-order valence-electron chi connectivity index (χ0n) is 25.5. The summed E-state index contributed by atoms with van der Waals surface area (Å²) in [5.41, 5.74) is 2.74. The molecule has 3 aromatic carbocycles. The van der Waals surface area contributed by atoms with Crippen molar-refractivity contribution in [1.29, 1.82) is 0 Å². The predicted octanol–water partition coefficient (Wildman–Crippen LogP) is 5.69. The van der Waals surface area contributed by atoms with E-state index in [0.29, 0.717) is 23.1 Å². The Labute approximate surface area is 267 Å². The number of ether oxygens (including phenoxy) is 4. The molecule has 0 N–H and O–H groups in total. The van der Waals surface area contributed by atoms with Crippen molar-refractivity contribution in [3.8, 4) is 17.2 Å². The largest absolute Gasteiger partial charge is 0.497 e. The highest BCUT2D eigenvalue weighted by Crippen LogP contribution is 2.47. The van der Waals surface area contributed by atoms with E-state index in [4.69, 9.17) is 30.5 Å². The summed E-state index contributed by atoms with van der Waals surface area (Å²) in [5, 5.41) is 0.125. The Morgan fingerprint density at radius 1 is 0.886 bits per heavy atom. The summed E-state index contributed by atoms with van der Waals surface area (Å²) in [4.78, 5) is 33.8. The second kappa shape index (κ2) is 14.5. The van der Waals surface area contributed by atoms with Crippen LogP contribution in [0.5, 0.6) is 17.2 Å². The number of fused-ring (bicyclic) bond motifs is 1. The number of piperazine rings is 1. The number of rotatable bonds is 10. The normalized spacial score (nSPS) is 18.8. The SMILES string of the molecule is COc1ccc([C@@H]2Sc3cc(Cl)ccc3N(CCCN3CCN(c4ccc(OC)c(OC)c4)CC3)C(=O)C2OC(C)=O)cc1. The topological polar surface area (TPSA) is 80.8 Å². The van der Waals surface area contributed by atoms with Gasteiger partial charge in [0.25, 0.3) is 5.91 Å². The van der Waals surface area contributed by atoms with Crippen molar-refractivity contribution in [1.82, 2.24) is 4.90 Å². The van der Waals surface area contributed by atoms with Gasteiger partial charge >= 0.3 is 5.97 Å². The highest BCUT2D eigenvalue weighted by atomic mass is 35.5. The summed E-state index contributed by atoms with van der Waals surface area (Å²) in [6.45, 7) is 6.23. The third-order valence-electron chi connectivity index (χ3n) is 7.95. The molecule has 0 aliphatic carbocycles. The van der Waals surface area contributed by atoms with E-state index >= 15 is 0 Å². The Hall–Kier alpha value is -3.60. The van der Waals surface area contributed by atoms with Gasteiger partial charge < -0.3 is 28.7 Å². The molecule has 9 nitrogen and oxygen atoms in total. The molecule has 1 amide bonds. The monoisotopic (exact) mass is 639 g/mol. The first kappa shape index (κ1) is 31.8. The highest BCUT2D eigenvalue weighted by Gasteiger charge is 2.41. The van der Waals surface area contributed by atoms with Crippen molar-refractivity contribution in [2.75, 3.05) is 70.4 Å². The van der Waals surface area contributed by atoms with E-state index in [1.165, 1.54) is 18.7 Å². The van der Waals surface area contributed by atoms with E-state index in [1.807, 2.05) is 48.5 Å². The quantitative estimate of drug-likeness (QED) is 0.260. The lowest BCUT2D eigenvalue weighted by atomic mass is 10.1. The fourth-order valence-corrected chi connectivity index (χ4v) is 7.26. The minimum Gasteiger partial charge on any atom is -0.497 e. The van der Waals surface area contributed by atoms with Crippen molar-refractivity contribution in [2.45, 2.75) is 29.6 Å². The summed E-state index contributed by atoms with van der Waals surface area (Å²) < 4.78 is 21.9. The maximum Gasteiger partial charge on any atom is 0.303 e. The molecule has 2 atom stereocenters. The summed E-state index contributed by atoms with van der Waals surface area (Å²) >= 11 is 7.90. The van der Waals surface area contributed by atoms with Gasteiger partial charge in [0.05, 0.1) is 32.3 Å². The molecule has 0 bridgehead atoms. The maximum atomic E-state index is 14.2. The number of anilines is 2. The molecule has 1 saturated heterocycles. The smallest absolute Gasteiger partial charge is 0.303 e. The number of carbonyl (C=O) groups excluding carboxylic acids is 2. The Bertz CT molecular complexity index is 1460. The summed E-state index contributed by atoms with van der Waals surface area (Å²) in [6, 6.07) is 19.1. The standard InChI is InChI=1S/C33H38ClN3O6S/c1-22(38)43-31-32(23-6-10-26(40-2)11-7-23)44-30-20-24(34)8-12-27(30)37(33(31)39)15-5-14-35-16-18-36(19-17-35)25-9-13-28(41-3)29(21-25)42-4/h6-13,20-21,31-32H,5,14-19H2,1-4H3/t31?,32-/m0/s1. The number of esters is 1. The number of benzene rings is 3. The van der Waals surface area contributed by atoms with Crippen LogP contribution in [0.2, 0.25) is 5.02 Å². The van der Waals surface area contributed by atoms with Crippen LogP contribution in [0.15, 0.2) is 65.6 Å². The lowest BCUT2D eigenvalue weighted by Gasteiger charge is -2.36. The Balaban J connectivity index is 1.28. The predicted molar refractivity (Wildman–Crippen MR) is 174 cm³/mol. The van der Waals surface area contributed by atoms with Gasteiger partial charge in [-0.3, -0.25) is 14.5 Å². The zero-order chi connectivity index (χ0) is 31.2. The number of hydrogen-bond acceptors (Lipinski definition) is 9. The molecule has 2 aliphatic heterocycles. The molecule has 2 aliphatic rings. The van der Waals surface area contributed by atoms with Crippen LogP contribution >= 0.6 is 23.4 Å². The van der Waals surface area contributed by atoms with E-state index in [1.54, 1.807) is 32.3 Å². The van der Waals surface area contributed by atoms with Crippen molar-refractivity contribution < 1.29 is 28.5 Å². The Morgan fingerprint density at radius 2 is 1.61 bits per heavy atom. The van der Waals surface area contributed by atoms with Crippen LogP contribution in [0.3, 0.4) is 0 Å². The lowest BCUT2D eigenvalue weighted by molar-refractivity contribution is -0.152. The summed E-state index contributed by atoms with van der Waals surface area (Å²) in [6.07, 6.45) is -0.239. The maximum absolute atomic E-state index is 14.2. The van der Waals surface area contributed by atoms with Gasteiger partial charge in [-0.05, 0) is 61.0 Å². The van der Waals surface area contributed by atoms with Gasteiger partial charge in [-0.2, -0.15) is 0 Å². The molecule has 1 fully saturated rings. The Kier molecular flexibility index (Phi) is 10.5. The molecule has 3 aromatic rings. The molecule has 5 rings (SSSR count). The van der Waals surface area contributed by atoms with E-state index in [0.717, 1.165) is 66.7 Å². The number of methoxy groups -OCH3 is 3. The average molecular weight is 640 g/mol. The number of hydrogen-bond donors (Lipinski definition) is 0. The van der Waals surface area contributed by atoms with Crippen LogP contribution in [-0.2, 0) is 14.3 Å². The van der Waals surface area contributed by atoms with Crippen LogP contribution in [-0.4, -0.2) is 83.5 Å². The van der Waals surface area contributed by atoms with Crippen molar-refractivity contribution in [2.24, 2.45) is 0 Å². The van der Waals surface area contributed by atoms with Crippen molar-refractivity contribution in [3.63, 3.8) is 0 Å². The van der Waals surface area contributed by atoms with Crippen molar-refractivity contribution in [3.05, 3.63) is 71.2 Å². The zero-order valence-corrected chi connectivity index (χ0v) is 27.0. The molecule has 1 unspecified atom stereocenters. The van der Waals surface area contributed by atoms with Gasteiger partial charge in [-0.1, -0.05) is 23.7 Å². The number of carbonyl (C=O) groups is 2. The first-order chi connectivity index (χ1) is 21.3. The van der Waals surface area contributed by atoms with Crippen LogP contribution in [0, 0.1) is 0 Å². The molecule has 234 valence electrons. The van der Waals surface area contributed by atoms with Gasteiger partial charge in [-0.15, -0.1) is 11.8 Å². The molecule has 11 heteroatoms. The first-order valence-corrected chi connectivity index (χ1v) is 15.8. The van der Waals surface area contributed by atoms with E-state index in [-0.39, 0.29) is 5.91 Å². The van der Waals surface area contributed by atoms with Gasteiger partial charge in [0, 0.05) is 61.3 Å². The third kappa shape index (κ3) is 7.20. The van der Waals surface area contributed by atoms with E-state index < -0.39 is 17.3 Å². The molecular formula is C33H38ClN3O6S. The van der Waals surface area contributed by atoms with Crippen LogP contribution in [0.25, 0.3) is 0 Å². The first-order valence-electron chi connectivity index (χ1n) is 14.6. The van der Waals surface area contributed by atoms with Gasteiger partial charge in [-0.25, -0.2) is 0 Å². The average Bonchev–Trinajstić information content (AvgIpc) is 3.14. The second-order valence-corrected chi connectivity index (χ2v) is 12.3. The summed E-state index contributed by atoms with van der Waals surface area (Å²) in [7, 11) is 4.89. The number of nitrogens with zero attached hydrogens (tertiary/aromatic N) is 3. The fraction of sp³-hybridized carbons (Fsp3) is 0.394. The second-order valence-electron chi connectivity index (χ2n) is 10.7. The molecule has 0 aromatic heterocycles. The number of halogens is 1. The van der Waals surface area contributed by atoms with Crippen LogP contribution in [0.4, 0.5) is 11.4 Å². The summed E-state index contributed by atoms with van der Waals surface area (Å²) in [5.74, 6) is 1.39. The van der Waals surface area contributed by atoms with E-state index in [2.05, 4.69) is 15.9 Å². The fourth-order valence-electron chi connectivity index (χ4n) is 5.67. The Morgan fingerprint density at radius 3 is 2.27 bits per heavy atom.